The molecule has 0 bridgehead atoms. The van der Waals surface area contributed by atoms with Gasteiger partial charge in [0.15, 0.2) is 0 Å². The van der Waals surface area contributed by atoms with Crippen molar-refractivity contribution in [1.82, 2.24) is 4.98 Å². The Morgan fingerprint density at radius 3 is 2.93 bits per heavy atom. The molecule has 0 aliphatic rings. The van der Waals surface area contributed by atoms with Gasteiger partial charge in [-0.2, -0.15) is 0 Å². The third-order valence-electron chi connectivity index (χ3n) is 2.33. The first-order chi connectivity index (χ1) is 7.25. The van der Waals surface area contributed by atoms with Crippen molar-refractivity contribution in [2.24, 2.45) is 0 Å². The monoisotopic (exact) mass is 204 g/mol. The summed E-state index contributed by atoms with van der Waals surface area (Å²) in [5.41, 5.74) is 2.96. The summed E-state index contributed by atoms with van der Waals surface area (Å²) in [5.74, 6) is -0.213. The van der Waals surface area contributed by atoms with E-state index in [2.05, 4.69) is 10.3 Å². The van der Waals surface area contributed by atoms with Gasteiger partial charge in [0.05, 0.1) is 6.54 Å². The lowest BCUT2D eigenvalue weighted by molar-refractivity contribution is 0.628. The molecule has 78 valence electrons. The number of halogens is 1. The molecule has 1 aromatic carbocycles. The molecule has 0 saturated heterocycles. The third kappa shape index (κ3) is 2.37. The molecule has 0 aliphatic carbocycles. The minimum Gasteiger partial charge on any atom is -0.379 e. The van der Waals surface area contributed by atoms with Crippen molar-refractivity contribution in [3.63, 3.8) is 0 Å². The van der Waals surface area contributed by atoms with Crippen LogP contribution >= 0.6 is 0 Å². The van der Waals surface area contributed by atoms with E-state index in [-0.39, 0.29) is 5.82 Å². The maximum absolute atomic E-state index is 13.0. The number of benzene rings is 1. The Morgan fingerprint density at radius 1 is 1.33 bits per heavy atom. The second-order valence-corrected chi connectivity index (χ2v) is 3.51. The van der Waals surface area contributed by atoms with Crippen LogP contribution in [-0.4, -0.2) is 4.98 Å². The number of aryl methyl sites for hydroxylation is 1. The van der Waals surface area contributed by atoms with Gasteiger partial charge in [-0.25, -0.2) is 4.39 Å². The quantitative estimate of drug-likeness (QED) is 0.790. The van der Waals surface area contributed by atoms with Crippen molar-refractivity contribution < 1.29 is 4.39 Å². The van der Waals surface area contributed by atoms with E-state index in [4.69, 9.17) is 0 Å². The number of anilines is 1. The fourth-order valence-electron chi connectivity index (χ4n) is 1.45. The number of hydrogen-bond donors (Lipinski definition) is 2. The zero-order valence-corrected chi connectivity index (χ0v) is 8.55. The molecule has 1 heterocycles. The first-order valence-corrected chi connectivity index (χ1v) is 4.88. The van der Waals surface area contributed by atoms with E-state index in [1.165, 1.54) is 12.1 Å². The molecule has 0 aliphatic heterocycles. The Balaban J connectivity index is 2.07. The molecule has 0 atom stereocenters. The zero-order valence-electron chi connectivity index (χ0n) is 8.55. The molecule has 1 aromatic heterocycles. The van der Waals surface area contributed by atoms with Gasteiger partial charge in [0, 0.05) is 17.6 Å². The Labute approximate surface area is 88.1 Å². The van der Waals surface area contributed by atoms with Crippen molar-refractivity contribution in [3.8, 4) is 0 Å². The third-order valence-corrected chi connectivity index (χ3v) is 2.33. The highest BCUT2D eigenvalue weighted by Gasteiger charge is 2.00. The van der Waals surface area contributed by atoms with Crippen LogP contribution in [0.4, 0.5) is 10.1 Å². The van der Waals surface area contributed by atoms with Crippen LogP contribution in [0.25, 0.3) is 0 Å². The minimum absolute atomic E-state index is 0.213. The van der Waals surface area contributed by atoms with Gasteiger partial charge in [0.25, 0.3) is 0 Å². The normalized spacial score (nSPS) is 10.3. The number of rotatable bonds is 3. The van der Waals surface area contributed by atoms with E-state index in [0.717, 1.165) is 16.9 Å². The standard InChI is InChI=1S/C12H13FN2/c1-9-4-5-10(13)7-12(9)15-8-11-3-2-6-14-11/h2-7,14-15H,8H2,1H3. The summed E-state index contributed by atoms with van der Waals surface area (Å²) in [4.78, 5) is 3.09. The van der Waals surface area contributed by atoms with E-state index >= 15 is 0 Å². The number of H-pyrrole nitrogens is 1. The summed E-state index contributed by atoms with van der Waals surface area (Å²) in [7, 11) is 0. The Kier molecular flexibility index (Phi) is 2.72. The van der Waals surface area contributed by atoms with Gasteiger partial charge >= 0.3 is 0 Å². The molecule has 0 unspecified atom stereocenters. The van der Waals surface area contributed by atoms with Crippen molar-refractivity contribution in [2.75, 3.05) is 5.32 Å². The van der Waals surface area contributed by atoms with Crippen molar-refractivity contribution in [2.45, 2.75) is 13.5 Å². The van der Waals surface area contributed by atoms with E-state index < -0.39 is 0 Å². The van der Waals surface area contributed by atoms with Crippen molar-refractivity contribution in [1.29, 1.82) is 0 Å². The van der Waals surface area contributed by atoms with Gasteiger partial charge < -0.3 is 10.3 Å². The number of aromatic amines is 1. The molecule has 3 heteroatoms. The SMILES string of the molecule is Cc1ccc(F)cc1NCc1ccc[nH]1. The Bertz CT molecular complexity index is 435. The van der Waals surface area contributed by atoms with Crippen LogP contribution in [0.1, 0.15) is 11.3 Å². The summed E-state index contributed by atoms with van der Waals surface area (Å²) in [5, 5.41) is 3.18. The van der Waals surface area contributed by atoms with Gasteiger partial charge in [0.1, 0.15) is 5.82 Å². The van der Waals surface area contributed by atoms with Crippen LogP contribution in [0.5, 0.6) is 0 Å². The highest BCUT2D eigenvalue weighted by atomic mass is 19.1. The number of hydrogen-bond acceptors (Lipinski definition) is 1. The second-order valence-electron chi connectivity index (χ2n) is 3.51. The van der Waals surface area contributed by atoms with E-state index in [1.54, 1.807) is 6.07 Å². The van der Waals surface area contributed by atoms with E-state index in [0.29, 0.717) is 6.54 Å². The maximum Gasteiger partial charge on any atom is 0.125 e. The smallest absolute Gasteiger partial charge is 0.125 e. The van der Waals surface area contributed by atoms with Crippen LogP contribution in [0, 0.1) is 12.7 Å². The minimum atomic E-state index is -0.213. The van der Waals surface area contributed by atoms with Gasteiger partial charge in [0.2, 0.25) is 0 Å². The molecule has 2 aromatic rings. The van der Waals surface area contributed by atoms with Crippen molar-refractivity contribution in [3.05, 3.63) is 53.6 Å². The summed E-state index contributed by atoms with van der Waals surface area (Å²) in [6.45, 7) is 2.63. The number of aromatic nitrogens is 1. The highest BCUT2D eigenvalue weighted by Crippen LogP contribution is 2.16. The molecule has 0 amide bonds. The largest absolute Gasteiger partial charge is 0.379 e. The van der Waals surface area contributed by atoms with Crippen LogP contribution in [0.2, 0.25) is 0 Å². The van der Waals surface area contributed by atoms with Gasteiger partial charge in [-0.3, -0.25) is 0 Å². The van der Waals surface area contributed by atoms with Crippen LogP contribution < -0.4 is 5.32 Å². The average Bonchev–Trinajstić information content (AvgIpc) is 2.72. The molecular weight excluding hydrogens is 191 g/mol. The molecular formula is C12H13FN2. The molecule has 0 spiro atoms. The fourth-order valence-corrected chi connectivity index (χ4v) is 1.45. The average molecular weight is 204 g/mol. The molecule has 0 saturated carbocycles. The summed E-state index contributed by atoms with van der Waals surface area (Å²) < 4.78 is 13.0. The van der Waals surface area contributed by atoms with E-state index in [9.17, 15) is 4.39 Å². The van der Waals surface area contributed by atoms with Crippen LogP contribution in [0.3, 0.4) is 0 Å². The van der Waals surface area contributed by atoms with Crippen LogP contribution in [-0.2, 0) is 6.54 Å². The van der Waals surface area contributed by atoms with Crippen molar-refractivity contribution >= 4 is 5.69 Å². The predicted octanol–water partition coefficient (Wildman–Crippen LogP) is 3.07. The predicted molar refractivity (Wildman–Crippen MR) is 59.3 cm³/mol. The zero-order chi connectivity index (χ0) is 10.7. The molecule has 15 heavy (non-hydrogen) atoms. The topological polar surface area (TPSA) is 27.8 Å². The molecule has 2 N–H and O–H groups in total. The van der Waals surface area contributed by atoms with Gasteiger partial charge in [-0.1, -0.05) is 6.07 Å². The summed E-state index contributed by atoms with van der Waals surface area (Å²) >= 11 is 0. The first kappa shape index (κ1) is 9.77. The molecule has 2 rings (SSSR count). The van der Waals surface area contributed by atoms with Gasteiger partial charge in [-0.15, -0.1) is 0 Å². The highest BCUT2D eigenvalue weighted by molar-refractivity contribution is 5.50. The van der Waals surface area contributed by atoms with Crippen LogP contribution in [0.15, 0.2) is 36.5 Å². The summed E-state index contributed by atoms with van der Waals surface area (Å²) in [6, 6.07) is 8.68. The Morgan fingerprint density at radius 2 is 2.20 bits per heavy atom. The molecule has 0 fully saturated rings. The second kappa shape index (κ2) is 4.17. The fraction of sp³-hybridized carbons (Fsp3) is 0.167. The molecule has 0 radical (unpaired) electrons. The number of nitrogens with one attached hydrogen (secondary N) is 2. The molecule has 2 nitrogen and oxygen atoms in total. The lowest BCUT2D eigenvalue weighted by Crippen LogP contribution is -2.01. The first-order valence-electron chi connectivity index (χ1n) is 4.88. The van der Waals surface area contributed by atoms with E-state index in [1.807, 2.05) is 25.3 Å². The lowest BCUT2D eigenvalue weighted by Gasteiger charge is -2.08. The Hall–Kier alpha value is -1.77. The maximum atomic E-state index is 13.0. The van der Waals surface area contributed by atoms with Gasteiger partial charge in [-0.05, 0) is 36.8 Å². The lowest BCUT2D eigenvalue weighted by atomic mass is 10.2. The summed E-state index contributed by atoms with van der Waals surface area (Å²) in [6.07, 6.45) is 1.87.